The van der Waals surface area contributed by atoms with Crippen LogP contribution in [0.1, 0.15) is 43.6 Å². The smallest absolute Gasteiger partial charge is 0.261 e. The van der Waals surface area contributed by atoms with Crippen molar-refractivity contribution in [3.8, 4) is 0 Å². The van der Waals surface area contributed by atoms with Gasteiger partial charge < -0.3 is 10.6 Å². The Labute approximate surface area is 189 Å². The molecule has 0 spiro atoms. The van der Waals surface area contributed by atoms with E-state index in [1.807, 2.05) is 30.3 Å². The number of imide groups is 1. The van der Waals surface area contributed by atoms with Gasteiger partial charge >= 0.3 is 0 Å². The van der Waals surface area contributed by atoms with E-state index in [1.54, 1.807) is 12.1 Å². The molecule has 0 aromatic heterocycles. The summed E-state index contributed by atoms with van der Waals surface area (Å²) in [5, 5.41) is 5.53. The summed E-state index contributed by atoms with van der Waals surface area (Å²) in [4.78, 5) is 50.6. The Kier molecular flexibility index (Phi) is 5.75. The first-order chi connectivity index (χ1) is 15.3. The van der Waals surface area contributed by atoms with Gasteiger partial charge in [-0.15, -0.1) is 0 Å². The van der Waals surface area contributed by atoms with Gasteiger partial charge in [0.25, 0.3) is 17.7 Å². The van der Waals surface area contributed by atoms with Gasteiger partial charge in [-0.1, -0.05) is 41.9 Å². The molecule has 1 aliphatic rings. The maximum absolute atomic E-state index is 12.8. The molecule has 1 heterocycles. The van der Waals surface area contributed by atoms with Crippen molar-refractivity contribution in [3.05, 3.63) is 94.0 Å². The van der Waals surface area contributed by atoms with Gasteiger partial charge in [0.1, 0.15) is 0 Å². The Morgan fingerprint density at radius 3 is 2.28 bits per heavy atom. The zero-order valence-corrected chi connectivity index (χ0v) is 17.8. The molecule has 32 heavy (non-hydrogen) atoms. The number of carbonyl (C=O) groups excluding carboxylic acids is 4. The molecule has 0 atom stereocenters. The topological polar surface area (TPSA) is 95.6 Å². The van der Waals surface area contributed by atoms with E-state index in [1.165, 1.54) is 36.1 Å². The highest BCUT2D eigenvalue weighted by Gasteiger charge is 2.36. The fraction of sp³-hybridized carbons (Fsp3) is 0.0833. The lowest BCUT2D eigenvalue weighted by Gasteiger charge is -2.13. The van der Waals surface area contributed by atoms with Gasteiger partial charge in [-0.25, -0.2) is 0 Å². The first-order valence-electron chi connectivity index (χ1n) is 9.76. The van der Waals surface area contributed by atoms with Gasteiger partial charge in [0.15, 0.2) is 0 Å². The molecule has 0 saturated carbocycles. The quantitative estimate of drug-likeness (QED) is 0.568. The van der Waals surface area contributed by atoms with Crippen molar-refractivity contribution in [1.82, 2.24) is 4.90 Å². The van der Waals surface area contributed by atoms with Gasteiger partial charge in [0.2, 0.25) is 5.91 Å². The van der Waals surface area contributed by atoms with Crippen LogP contribution in [0.4, 0.5) is 11.4 Å². The number of anilines is 2. The van der Waals surface area contributed by atoms with Crippen LogP contribution in [0.2, 0.25) is 5.02 Å². The Balaban J connectivity index is 1.53. The van der Waals surface area contributed by atoms with Gasteiger partial charge in [0.05, 0.1) is 28.4 Å². The summed E-state index contributed by atoms with van der Waals surface area (Å²) in [6.45, 7) is 1.54. The summed E-state index contributed by atoms with van der Waals surface area (Å²) in [5.41, 5.74) is 2.34. The molecule has 2 N–H and O–H groups in total. The maximum atomic E-state index is 12.8. The fourth-order valence-corrected chi connectivity index (χ4v) is 3.66. The maximum Gasteiger partial charge on any atom is 0.261 e. The van der Waals surface area contributed by atoms with E-state index in [2.05, 4.69) is 10.6 Å². The number of hydrogen-bond acceptors (Lipinski definition) is 4. The van der Waals surface area contributed by atoms with Gasteiger partial charge in [0, 0.05) is 18.2 Å². The van der Waals surface area contributed by atoms with Gasteiger partial charge in [-0.05, 0) is 42.0 Å². The Morgan fingerprint density at radius 2 is 1.59 bits per heavy atom. The van der Waals surface area contributed by atoms with Crippen molar-refractivity contribution < 1.29 is 19.2 Å². The molecular weight excluding hydrogens is 430 g/mol. The van der Waals surface area contributed by atoms with Crippen LogP contribution < -0.4 is 10.6 Å². The average molecular weight is 448 g/mol. The van der Waals surface area contributed by atoms with Crippen molar-refractivity contribution in [2.45, 2.75) is 13.5 Å². The second-order valence-corrected chi connectivity index (χ2v) is 7.68. The fourth-order valence-electron chi connectivity index (χ4n) is 3.43. The number of hydrogen-bond donors (Lipinski definition) is 2. The summed E-state index contributed by atoms with van der Waals surface area (Å²) < 4.78 is 0. The first-order valence-corrected chi connectivity index (χ1v) is 10.1. The molecular formula is C24H18ClN3O4. The largest absolute Gasteiger partial charge is 0.326 e. The number of halogens is 1. The number of carbonyl (C=O) groups is 4. The third kappa shape index (κ3) is 4.24. The van der Waals surface area contributed by atoms with Crippen LogP contribution in [0.3, 0.4) is 0 Å². The standard InChI is InChI=1S/C24H18ClN3O4/c1-14(29)26-17-8-10-21(20(25)12-17)27-22(30)16-7-9-18-19(11-16)24(32)28(23(18)31)13-15-5-3-2-4-6-15/h2-12H,13H2,1H3,(H,26,29)(H,27,30). The van der Waals surface area contributed by atoms with Crippen molar-refractivity contribution >= 4 is 46.6 Å². The molecule has 0 radical (unpaired) electrons. The Hall–Kier alpha value is -3.97. The lowest BCUT2D eigenvalue weighted by atomic mass is 10.1. The molecule has 7 nitrogen and oxygen atoms in total. The molecule has 4 amide bonds. The molecule has 3 aromatic carbocycles. The molecule has 0 saturated heterocycles. The summed E-state index contributed by atoms with van der Waals surface area (Å²) in [6, 6.07) is 18.3. The predicted octanol–water partition coefficient (Wildman–Crippen LogP) is 4.35. The monoisotopic (exact) mass is 447 g/mol. The highest BCUT2D eigenvalue weighted by atomic mass is 35.5. The van der Waals surface area contributed by atoms with E-state index < -0.39 is 17.7 Å². The van der Waals surface area contributed by atoms with E-state index in [0.717, 1.165) is 5.56 Å². The molecule has 160 valence electrons. The minimum absolute atomic E-state index is 0.158. The van der Waals surface area contributed by atoms with E-state index in [0.29, 0.717) is 11.4 Å². The van der Waals surface area contributed by atoms with Crippen molar-refractivity contribution in [1.29, 1.82) is 0 Å². The predicted molar refractivity (Wildman–Crippen MR) is 121 cm³/mol. The zero-order chi connectivity index (χ0) is 22.8. The van der Waals surface area contributed by atoms with E-state index in [9.17, 15) is 19.2 Å². The summed E-state index contributed by atoms with van der Waals surface area (Å²) in [5.74, 6) is -1.56. The first kappa shape index (κ1) is 21.3. The minimum atomic E-state index is -0.483. The van der Waals surface area contributed by atoms with Crippen LogP contribution in [-0.2, 0) is 11.3 Å². The molecule has 3 aromatic rings. The number of amides is 4. The van der Waals surface area contributed by atoms with E-state index in [4.69, 9.17) is 11.6 Å². The van der Waals surface area contributed by atoms with Crippen LogP contribution >= 0.6 is 11.6 Å². The SMILES string of the molecule is CC(=O)Nc1ccc(NC(=O)c2ccc3c(c2)C(=O)N(Cc2ccccc2)C3=O)c(Cl)c1. The van der Waals surface area contributed by atoms with Crippen LogP contribution in [0.5, 0.6) is 0 Å². The Morgan fingerprint density at radius 1 is 0.875 bits per heavy atom. The molecule has 0 bridgehead atoms. The average Bonchev–Trinajstić information content (AvgIpc) is 3.00. The lowest BCUT2D eigenvalue weighted by Crippen LogP contribution is -2.29. The van der Waals surface area contributed by atoms with Crippen molar-refractivity contribution in [2.24, 2.45) is 0 Å². The summed E-state index contributed by atoms with van der Waals surface area (Å²) in [6.07, 6.45) is 0. The molecule has 0 unspecified atom stereocenters. The number of nitrogens with zero attached hydrogens (tertiary/aromatic N) is 1. The van der Waals surface area contributed by atoms with E-state index >= 15 is 0 Å². The van der Waals surface area contributed by atoms with Crippen molar-refractivity contribution in [3.63, 3.8) is 0 Å². The van der Waals surface area contributed by atoms with Crippen LogP contribution in [0.25, 0.3) is 0 Å². The normalized spacial score (nSPS) is 12.5. The lowest BCUT2D eigenvalue weighted by molar-refractivity contribution is -0.114. The van der Waals surface area contributed by atoms with Crippen LogP contribution in [-0.4, -0.2) is 28.5 Å². The molecule has 1 aliphatic heterocycles. The molecule has 0 fully saturated rings. The molecule has 4 rings (SSSR count). The third-order valence-electron chi connectivity index (χ3n) is 4.95. The summed E-state index contributed by atoms with van der Waals surface area (Å²) >= 11 is 6.21. The second kappa shape index (κ2) is 8.64. The van der Waals surface area contributed by atoms with Crippen LogP contribution in [0.15, 0.2) is 66.7 Å². The van der Waals surface area contributed by atoms with Crippen LogP contribution in [0, 0.1) is 0 Å². The number of nitrogens with one attached hydrogen (secondary N) is 2. The van der Waals surface area contributed by atoms with Crippen molar-refractivity contribution in [2.75, 3.05) is 10.6 Å². The molecule has 0 aliphatic carbocycles. The highest BCUT2D eigenvalue weighted by Crippen LogP contribution is 2.28. The zero-order valence-electron chi connectivity index (χ0n) is 17.0. The van der Waals surface area contributed by atoms with E-state index in [-0.39, 0.29) is 34.2 Å². The van der Waals surface area contributed by atoms with Gasteiger partial charge in [-0.2, -0.15) is 0 Å². The number of benzene rings is 3. The Bertz CT molecular complexity index is 1260. The highest BCUT2D eigenvalue weighted by molar-refractivity contribution is 6.34. The number of rotatable bonds is 5. The second-order valence-electron chi connectivity index (χ2n) is 7.27. The molecule has 8 heteroatoms. The van der Waals surface area contributed by atoms with Gasteiger partial charge in [-0.3, -0.25) is 24.1 Å². The minimum Gasteiger partial charge on any atom is -0.326 e. The third-order valence-corrected chi connectivity index (χ3v) is 5.27. The number of fused-ring (bicyclic) bond motifs is 1. The summed E-state index contributed by atoms with van der Waals surface area (Å²) in [7, 11) is 0.